The molecule has 0 aliphatic carbocycles. The minimum atomic E-state index is -4.43. The predicted molar refractivity (Wildman–Crippen MR) is 60.5 cm³/mol. The zero-order valence-electron chi connectivity index (χ0n) is 10.2. The van der Waals surface area contributed by atoms with Gasteiger partial charge < -0.3 is 5.11 Å². The highest BCUT2D eigenvalue weighted by Gasteiger charge is 2.38. The smallest absolute Gasteiger partial charge is 0.388 e. The van der Waals surface area contributed by atoms with E-state index in [1.807, 2.05) is 6.92 Å². The van der Waals surface area contributed by atoms with Gasteiger partial charge in [0.2, 0.25) is 0 Å². The SMILES string of the molecule is CCC(C)(C)C(O)c1ccccc1C(F)(F)F. The Morgan fingerprint density at radius 2 is 1.71 bits per heavy atom. The van der Waals surface area contributed by atoms with Crippen LogP contribution in [0.3, 0.4) is 0 Å². The van der Waals surface area contributed by atoms with Crippen LogP contribution in [0.5, 0.6) is 0 Å². The van der Waals surface area contributed by atoms with E-state index in [9.17, 15) is 18.3 Å². The van der Waals surface area contributed by atoms with Crippen molar-refractivity contribution in [2.45, 2.75) is 39.5 Å². The topological polar surface area (TPSA) is 20.2 Å². The highest BCUT2D eigenvalue weighted by molar-refractivity contribution is 5.32. The van der Waals surface area contributed by atoms with E-state index in [2.05, 4.69) is 0 Å². The average Bonchev–Trinajstić information content (AvgIpc) is 2.27. The summed E-state index contributed by atoms with van der Waals surface area (Å²) < 4.78 is 38.4. The highest BCUT2D eigenvalue weighted by Crippen LogP contribution is 2.41. The fourth-order valence-electron chi connectivity index (χ4n) is 1.61. The number of rotatable bonds is 3. The van der Waals surface area contributed by atoms with Gasteiger partial charge >= 0.3 is 6.18 Å². The molecule has 17 heavy (non-hydrogen) atoms. The summed E-state index contributed by atoms with van der Waals surface area (Å²) in [5, 5.41) is 10.1. The van der Waals surface area contributed by atoms with Gasteiger partial charge in [-0.15, -0.1) is 0 Å². The van der Waals surface area contributed by atoms with Gasteiger partial charge in [-0.3, -0.25) is 0 Å². The molecule has 96 valence electrons. The Hall–Kier alpha value is -1.03. The van der Waals surface area contributed by atoms with E-state index >= 15 is 0 Å². The van der Waals surface area contributed by atoms with Crippen LogP contribution in [0.25, 0.3) is 0 Å². The van der Waals surface area contributed by atoms with Crippen LogP contribution in [0.15, 0.2) is 24.3 Å². The fraction of sp³-hybridized carbons (Fsp3) is 0.538. The first-order valence-electron chi connectivity index (χ1n) is 5.54. The Labute approximate surface area is 99.3 Å². The lowest BCUT2D eigenvalue weighted by Crippen LogP contribution is -2.24. The Morgan fingerprint density at radius 1 is 1.18 bits per heavy atom. The lowest BCUT2D eigenvalue weighted by Gasteiger charge is -2.31. The summed E-state index contributed by atoms with van der Waals surface area (Å²) in [6, 6.07) is 5.19. The van der Waals surface area contributed by atoms with Crippen LogP contribution in [0.4, 0.5) is 13.2 Å². The van der Waals surface area contributed by atoms with Crippen LogP contribution in [0.2, 0.25) is 0 Å². The summed E-state index contributed by atoms with van der Waals surface area (Å²) in [5.41, 5.74) is -1.39. The molecule has 1 rings (SSSR count). The van der Waals surface area contributed by atoms with Gasteiger partial charge in [0.05, 0.1) is 11.7 Å². The van der Waals surface area contributed by atoms with Crippen molar-refractivity contribution >= 4 is 0 Å². The van der Waals surface area contributed by atoms with Crippen molar-refractivity contribution < 1.29 is 18.3 Å². The molecule has 0 fully saturated rings. The van der Waals surface area contributed by atoms with Crippen LogP contribution in [-0.2, 0) is 6.18 Å². The van der Waals surface area contributed by atoms with Crippen LogP contribution < -0.4 is 0 Å². The number of alkyl halides is 3. The monoisotopic (exact) mass is 246 g/mol. The molecule has 0 spiro atoms. The van der Waals surface area contributed by atoms with Crippen molar-refractivity contribution in [3.05, 3.63) is 35.4 Å². The molecule has 1 unspecified atom stereocenters. The van der Waals surface area contributed by atoms with E-state index in [1.54, 1.807) is 13.8 Å². The van der Waals surface area contributed by atoms with E-state index in [0.29, 0.717) is 6.42 Å². The molecule has 1 atom stereocenters. The first-order chi connectivity index (χ1) is 7.70. The zero-order valence-corrected chi connectivity index (χ0v) is 10.2. The Bertz CT molecular complexity index is 382. The molecular weight excluding hydrogens is 229 g/mol. The van der Waals surface area contributed by atoms with Gasteiger partial charge in [0.1, 0.15) is 0 Å². The van der Waals surface area contributed by atoms with E-state index < -0.39 is 23.3 Å². The number of aliphatic hydroxyl groups is 1. The molecule has 4 heteroatoms. The lowest BCUT2D eigenvalue weighted by atomic mass is 9.79. The fourth-order valence-corrected chi connectivity index (χ4v) is 1.61. The first kappa shape index (κ1) is 14.0. The quantitative estimate of drug-likeness (QED) is 0.848. The number of halogens is 3. The molecule has 0 amide bonds. The molecule has 0 aliphatic rings. The normalized spacial score (nSPS) is 14.8. The molecular formula is C13H17F3O. The average molecular weight is 246 g/mol. The molecule has 1 aromatic rings. The molecule has 1 nitrogen and oxygen atoms in total. The standard InChI is InChI=1S/C13H17F3O/c1-4-12(2,3)11(17)9-7-5-6-8-10(9)13(14,15)16/h5-8,11,17H,4H2,1-3H3. The molecule has 0 saturated carbocycles. The first-order valence-corrected chi connectivity index (χ1v) is 5.54. The Morgan fingerprint density at radius 3 is 2.18 bits per heavy atom. The third-order valence-electron chi connectivity index (χ3n) is 3.21. The van der Waals surface area contributed by atoms with Gasteiger partial charge in [-0.2, -0.15) is 13.2 Å². The highest BCUT2D eigenvalue weighted by atomic mass is 19.4. The molecule has 0 radical (unpaired) electrons. The van der Waals surface area contributed by atoms with E-state index in [1.165, 1.54) is 18.2 Å². The summed E-state index contributed by atoms with van der Waals surface area (Å²) in [6.45, 7) is 5.36. The number of hydrogen-bond donors (Lipinski definition) is 1. The predicted octanol–water partition coefficient (Wildman–Crippen LogP) is 4.18. The van der Waals surface area contributed by atoms with E-state index in [-0.39, 0.29) is 5.56 Å². The molecule has 1 N–H and O–H groups in total. The van der Waals surface area contributed by atoms with Crippen LogP contribution in [0.1, 0.15) is 44.4 Å². The zero-order chi connectivity index (χ0) is 13.3. The Kier molecular flexibility index (Phi) is 3.87. The van der Waals surface area contributed by atoms with Crippen LogP contribution in [0, 0.1) is 5.41 Å². The second-order valence-corrected chi connectivity index (χ2v) is 4.83. The van der Waals surface area contributed by atoms with Crippen molar-refractivity contribution in [2.75, 3.05) is 0 Å². The third-order valence-corrected chi connectivity index (χ3v) is 3.21. The minimum Gasteiger partial charge on any atom is -0.388 e. The molecule has 0 aliphatic heterocycles. The minimum absolute atomic E-state index is 0.0492. The molecule has 0 bridgehead atoms. The van der Waals surface area contributed by atoms with Crippen molar-refractivity contribution in [3.63, 3.8) is 0 Å². The van der Waals surface area contributed by atoms with Crippen molar-refractivity contribution in [1.82, 2.24) is 0 Å². The third kappa shape index (κ3) is 3.00. The van der Waals surface area contributed by atoms with Crippen molar-refractivity contribution in [1.29, 1.82) is 0 Å². The number of hydrogen-bond acceptors (Lipinski definition) is 1. The number of aliphatic hydroxyl groups excluding tert-OH is 1. The van der Waals surface area contributed by atoms with Crippen molar-refractivity contribution in [3.8, 4) is 0 Å². The lowest BCUT2D eigenvalue weighted by molar-refractivity contribution is -0.140. The molecule has 0 saturated heterocycles. The van der Waals surface area contributed by atoms with E-state index in [0.717, 1.165) is 6.07 Å². The summed E-state index contributed by atoms with van der Waals surface area (Å²) in [7, 11) is 0. The molecule has 0 heterocycles. The van der Waals surface area contributed by atoms with Gasteiger partial charge in [0.25, 0.3) is 0 Å². The van der Waals surface area contributed by atoms with Crippen molar-refractivity contribution in [2.24, 2.45) is 5.41 Å². The second kappa shape index (κ2) is 4.69. The largest absolute Gasteiger partial charge is 0.416 e. The maximum absolute atomic E-state index is 12.8. The van der Waals surface area contributed by atoms with Gasteiger partial charge in [-0.1, -0.05) is 39.0 Å². The summed E-state index contributed by atoms with van der Waals surface area (Å²) in [4.78, 5) is 0. The van der Waals surface area contributed by atoms with E-state index in [4.69, 9.17) is 0 Å². The second-order valence-electron chi connectivity index (χ2n) is 4.83. The molecule has 1 aromatic carbocycles. The maximum Gasteiger partial charge on any atom is 0.416 e. The summed E-state index contributed by atoms with van der Waals surface area (Å²) in [5.74, 6) is 0. The van der Waals surface area contributed by atoms with Crippen LogP contribution >= 0.6 is 0 Å². The summed E-state index contributed by atoms with van der Waals surface area (Å²) in [6.07, 6.45) is -4.95. The van der Waals surface area contributed by atoms with Gasteiger partial charge in [0.15, 0.2) is 0 Å². The summed E-state index contributed by atoms with van der Waals surface area (Å²) >= 11 is 0. The molecule has 0 aromatic heterocycles. The van der Waals surface area contributed by atoms with Gasteiger partial charge in [0, 0.05) is 0 Å². The maximum atomic E-state index is 12.8. The van der Waals surface area contributed by atoms with Crippen LogP contribution in [-0.4, -0.2) is 5.11 Å². The van der Waals surface area contributed by atoms with Gasteiger partial charge in [-0.25, -0.2) is 0 Å². The number of benzene rings is 1. The van der Waals surface area contributed by atoms with Gasteiger partial charge in [-0.05, 0) is 23.5 Å². The Balaban J connectivity index is 3.23.